The predicted molar refractivity (Wildman–Crippen MR) is 103 cm³/mol. The molecule has 0 fully saturated rings. The molecule has 1 aromatic heterocycles. The van der Waals surface area contributed by atoms with E-state index >= 15 is 0 Å². The van der Waals surface area contributed by atoms with Crippen LogP contribution in [0.4, 0.5) is 5.13 Å². The van der Waals surface area contributed by atoms with Gasteiger partial charge in [0.15, 0.2) is 5.13 Å². The van der Waals surface area contributed by atoms with E-state index in [2.05, 4.69) is 15.0 Å². The first-order valence-corrected chi connectivity index (χ1v) is 10.5. The van der Waals surface area contributed by atoms with Crippen molar-refractivity contribution in [2.24, 2.45) is 0 Å². The number of esters is 1. The van der Waals surface area contributed by atoms with E-state index < -0.39 is 21.9 Å². The number of ether oxygens (including phenoxy) is 1. The zero-order valence-corrected chi connectivity index (χ0v) is 17.1. The molecule has 2 rings (SSSR count). The standard InChI is InChI=1S/C17H21N3O5S2/c1-5-20(6-2)27(23,24)13-9-7-12(8-10-13)15(21)19-17-18-11(3)14(26-17)16(22)25-4/h7-10H,5-6H2,1-4H3,(H,18,19,21). The number of anilines is 1. The van der Waals surface area contributed by atoms with Gasteiger partial charge >= 0.3 is 5.97 Å². The summed E-state index contributed by atoms with van der Waals surface area (Å²) in [7, 11) is -2.31. The lowest BCUT2D eigenvalue weighted by Crippen LogP contribution is -2.30. The van der Waals surface area contributed by atoms with Crippen LogP contribution in [0.25, 0.3) is 0 Å². The van der Waals surface area contributed by atoms with Crippen LogP contribution in [0.15, 0.2) is 29.2 Å². The highest BCUT2D eigenvalue weighted by atomic mass is 32.2. The van der Waals surface area contributed by atoms with Crippen molar-refractivity contribution in [3.05, 3.63) is 40.4 Å². The lowest BCUT2D eigenvalue weighted by Gasteiger charge is -2.18. The van der Waals surface area contributed by atoms with Crippen LogP contribution in [0.5, 0.6) is 0 Å². The number of aryl methyl sites for hydroxylation is 1. The molecule has 8 nitrogen and oxygen atoms in total. The number of benzene rings is 1. The second-order valence-electron chi connectivity index (χ2n) is 5.49. The minimum atomic E-state index is -3.58. The maximum atomic E-state index is 12.5. The van der Waals surface area contributed by atoms with Crippen LogP contribution < -0.4 is 5.32 Å². The van der Waals surface area contributed by atoms with Crippen molar-refractivity contribution < 1.29 is 22.7 Å². The SMILES string of the molecule is CCN(CC)S(=O)(=O)c1ccc(C(=O)Nc2nc(C)c(C(=O)OC)s2)cc1. The molecular formula is C17H21N3O5S2. The van der Waals surface area contributed by atoms with E-state index in [1.807, 2.05) is 0 Å². The molecule has 1 aromatic carbocycles. The zero-order valence-electron chi connectivity index (χ0n) is 15.5. The van der Waals surface area contributed by atoms with Gasteiger partial charge in [-0.1, -0.05) is 25.2 Å². The summed E-state index contributed by atoms with van der Waals surface area (Å²) in [5.74, 6) is -0.969. The fraction of sp³-hybridized carbons (Fsp3) is 0.353. The average Bonchev–Trinajstić information content (AvgIpc) is 3.02. The number of nitrogens with zero attached hydrogens (tertiary/aromatic N) is 2. The highest BCUT2D eigenvalue weighted by Crippen LogP contribution is 2.24. The summed E-state index contributed by atoms with van der Waals surface area (Å²) in [6.07, 6.45) is 0. The Kier molecular flexibility index (Phi) is 6.68. The van der Waals surface area contributed by atoms with E-state index in [1.165, 1.54) is 35.7 Å². The molecule has 1 amide bonds. The van der Waals surface area contributed by atoms with Crippen molar-refractivity contribution in [2.45, 2.75) is 25.7 Å². The zero-order chi connectivity index (χ0) is 20.2. The Hall–Kier alpha value is -2.30. The van der Waals surface area contributed by atoms with Crippen LogP contribution in [0.3, 0.4) is 0 Å². The molecular weight excluding hydrogens is 390 g/mol. The molecule has 2 aromatic rings. The molecule has 0 aliphatic heterocycles. The van der Waals surface area contributed by atoms with Gasteiger partial charge in [0.05, 0.1) is 17.7 Å². The number of carbonyl (C=O) groups excluding carboxylic acids is 2. The summed E-state index contributed by atoms with van der Waals surface area (Å²) in [6.45, 7) is 5.91. The molecule has 0 aliphatic carbocycles. The fourth-order valence-electron chi connectivity index (χ4n) is 2.39. The van der Waals surface area contributed by atoms with Crippen LogP contribution in [-0.4, -0.2) is 49.8 Å². The summed E-state index contributed by atoms with van der Waals surface area (Å²) in [4.78, 5) is 28.5. The number of carbonyl (C=O) groups is 2. The molecule has 0 aliphatic rings. The molecule has 146 valence electrons. The number of sulfonamides is 1. The Bertz CT molecular complexity index is 932. The number of hydrogen-bond acceptors (Lipinski definition) is 7. The molecule has 10 heteroatoms. The molecule has 0 atom stereocenters. The van der Waals surface area contributed by atoms with Gasteiger partial charge in [-0.25, -0.2) is 18.2 Å². The number of nitrogens with one attached hydrogen (secondary N) is 1. The number of hydrogen-bond donors (Lipinski definition) is 1. The lowest BCUT2D eigenvalue weighted by atomic mass is 10.2. The van der Waals surface area contributed by atoms with Gasteiger partial charge in [0.25, 0.3) is 5.91 Å². The third kappa shape index (κ3) is 4.52. The van der Waals surface area contributed by atoms with Crippen LogP contribution in [0.1, 0.15) is 39.6 Å². The highest BCUT2D eigenvalue weighted by molar-refractivity contribution is 7.89. The van der Waals surface area contributed by atoms with Gasteiger partial charge in [-0.2, -0.15) is 4.31 Å². The van der Waals surface area contributed by atoms with Crippen LogP contribution in [0, 0.1) is 6.92 Å². The monoisotopic (exact) mass is 411 g/mol. The molecule has 1 heterocycles. The maximum Gasteiger partial charge on any atom is 0.350 e. The summed E-state index contributed by atoms with van der Waals surface area (Å²) < 4.78 is 30.9. The second kappa shape index (κ2) is 8.59. The Morgan fingerprint density at radius 2 is 1.78 bits per heavy atom. The number of aromatic nitrogens is 1. The normalized spacial score (nSPS) is 11.4. The Morgan fingerprint density at radius 1 is 1.19 bits per heavy atom. The first kappa shape index (κ1) is 21.0. The van der Waals surface area contributed by atoms with E-state index in [0.717, 1.165) is 11.3 Å². The number of rotatable bonds is 7. The molecule has 0 saturated heterocycles. The van der Waals surface area contributed by atoms with Gasteiger partial charge in [0, 0.05) is 18.7 Å². The topological polar surface area (TPSA) is 106 Å². The van der Waals surface area contributed by atoms with Crippen molar-refractivity contribution in [1.82, 2.24) is 9.29 Å². The van der Waals surface area contributed by atoms with E-state index in [1.54, 1.807) is 20.8 Å². The first-order chi connectivity index (χ1) is 12.7. The fourth-order valence-corrected chi connectivity index (χ4v) is 4.73. The average molecular weight is 412 g/mol. The molecule has 0 unspecified atom stereocenters. The van der Waals surface area contributed by atoms with Crippen LogP contribution >= 0.6 is 11.3 Å². The van der Waals surface area contributed by atoms with Crippen molar-refractivity contribution in [1.29, 1.82) is 0 Å². The number of thiazole rings is 1. The minimum Gasteiger partial charge on any atom is -0.465 e. The van der Waals surface area contributed by atoms with Crippen molar-refractivity contribution in [3.8, 4) is 0 Å². The minimum absolute atomic E-state index is 0.126. The predicted octanol–water partition coefficient (Wildman–Crippen LogP) is 2.52. The Balaban J connectivity index is 2.18. The Morgan fingerprint density at radius 3 is 2.30 bits per heavy atom. The van der Waals surface area contributed by atoms with Gasteiger partial charge < -0.3 is 4.74 Å². The van der Waals surface area contributed by atoms with Crippen LogP contribution in [0.2, 0.25) is 0 Å². The third-order valence-electron chi connectivity index (χ3n) is 3.85. The van der Waals surface area contributed by atoms with Gasteiger partial charge in [-0.05, 0) is 31.2 Å². The summed E-state index contributed by atoms with van der Waals surface area (Å²) >= 11 is 1.01. The molecule has 0 saturated carbocycles. The van der Waals surface area contributed by atoms with Gasteiger partial charge in [0.2, 0.25) is 10.0 Å². The van der Waals surface area contributed by atoms with Gasteiger partial charge in [-0.15, -0.1) is 0 Å². The van der Waals surface area contributed by atoms with E-state index in [4.69, 9.17) is 0 Å². The van der Waals surface area contributed by atoms with Crippen LogP contribution in [-0.2, 0) is 14.8 Å². The highest BCUT2D eigenvalue weighted by Gasteiger charge is 2.22. The summed E-state index contributed by atoms with van der Waals surface area (Å²) in [5.41, 5.74) is 0.740. The van der Waals surface area contributed by atoms with E-state index in [-0.39, 0.29) is 15.6 Å². The molecule has 0 spiro atoms. The maximum absolute atomic E-state index is 12.5. The van der Waals surface area contributed by atoms with Crippen molar-refractivity contribution >= 4 is 38.4 Å². The second-order valence-corrected chi connectivity index (χ2v) is 8.43. The molecule has 27 heavy (non-hydrogen) atoms. The first-order valence-electron chi connectivity index (χ1n) is 8.21. The smallest absolute Gasteiger partial charge is 0.350 e. The number of amides is 1. The van der Waals surface area contributed by atoms with Gasteiger partial charge in [-0.3, -0.25) is 10.1 Å². The van der Waals surface area contributed by atoms with E-state index in [0.29, 0.717) is 23.7 Å². The van der Waals surface area contributed by atoms with E-state index in [9.17, 15) is 18.0 Å². The summed E-state index contributed by atoms with van der Waals surface area (Å²) in [5, 5.41) is 2.86. The number of methoxy groups -OCH3 is 1. The molecule has 0 radical (unpaired) electrons. The lowest BCUT2D eigenvalue weighted by molar-refractivity contribution is 0.0605. The largest absolute Gasteiger partial charge is 0.465 e. The third-order valence-corrected chi connectivity index (χ3v) is 6.96. The Labute approximate surface area is 162 Å². The van der Waals surface area contributed by atoms with Gasteiger partial charge in [0.1, 0.15) is 4.88 Å². The quantitative estimate of drug-likeness (QED) is 0.702. The summed E-state index contributed by atoms with van der Waals surface area (Å²) in [6, 6.07) is 5.67. The van der Waals surface area contributed by atoms with Crippen molar-refractivity contribution in [2.75, 3.05) is 25.5 Å². The van der Waals surface area contributed by atoms with Crippen molar-refractivity contribution in [3.63, 3.8) is 0 Å². The molecule has 0 bridgehead atoms. The molecule has 1 N–H and O–H groups in total.